The van der Waals surface area contributed by atoms with Gasteiger partial charge in [-0.25, -0.2) is 0 Å². The largest absolute Gasteiger partial charge is 0.502 e. The fourth-order valence-corrected chi connectivity index (χ4v) is 0.599. The van der Waals surface area contributed by atoms with Gasteiger partial charge >= 0.3 is 5.97 Å². The first-order chi connectivity index (χ1) is 6.16. The van der Waals surface area contributed by atoms with Gasteiger partial charge in [-0.1, -0.05) is 0 Å². The van der Waals surface area contributed by atoms with E-state index < -0.39 is 5.97 Å². The summed E-state index contributed by atoms with van der Waals surface area (Å²) in [4.78, 5) is 21.2. The minimum atomic E-state index is -0.506. The number of carbonyl (C=O) groups is 2. The van der Waals surface area contributed by atoms with E-state index in [1.54, 1.807) is 6.08 Å². The van der Waals surface area contributed by atoms with Crippen LogP contribution in [-0.4, -0.2) is 25.0 Å². The number of hydrogen-bond acceptors (Lipinski definition) is 4. The van der Waals surface area contributed by atoms with Gasteiger partial charge in [0.2, 0.25) is 0 Å². The lowest BCUT2D eigenvalue weighted by atomic mass is 10.3. The fraction of sp³-hybridized carbons (Fsp3) is 0.556. The highest BCUT2D eigenvalue weighted by Gasteiger charge is 2.04. The zero-order valence-corrected chi connectivity index (χ0v) is 7.91. The quantitative estimate of drug-likeness (QED) is 0.353. The average Bonchev–Trinajstić information content (AvgIpc) is 2.02. The Morgan fingerprint density at radius 1 is 1.38 bits per heavy atom. The second-order valence-corrected chi connectivity index (χ2v) is 2.39. The molecule has 74 valence electrons. The van der Waals surface area contributed by atoms with E-state index in [2.05, 4.69) is 4.74 Å². The molecule has 4 heteroatoms. The van der Waals surface area contributed by atoms with Crippen molar-refractivity contribution < 1.29 is 19.1 Å². The van der Waals surface area contributed by atoms with Crippen LogP contribution in [0.4, 0.5) is 0 Å². The predicted octanol–water partition coefficient (Wildman–Crippen LogP) is 1.06. The van der Waals surface area contributed by atoms with E-state index in [1.807, 2.05) is 6.92 Å². The van der Waals surface area contributed by atoms with Crippen LogP contribution in [0.3, 0.4) is 0 Å². The maximum absolute atomic E-state index is 10.8. The van der Waals surface area contributed by atoms with Crippen molar-refractivity contribution >= 4 is 11.8 Å². The molecular weight excluding hydrogens is 172 g/mol. The highest BCUT2D eigenvalue weighted by molar-refractivity contribution is 5.94. The van der Waals surface area contributed by atoms with Crippen LogP contribution in [0, 0.1) is 0 Å². The van der Waals surface area contributed by atoms with Gasteiger partial charge in [-0.15, -0.1) is 0 Å². The van der Waals surface area contributed by atoms with Crippen LogP contribution in [-0.2, 0) is 19.1 Å². The standard InChI is InChI=1S/C9H14O4/c1-3-12-5-4-6-13-9(11)7-8(2)10/h4-5H,3,6-7H2,1-2H3/b5-4+. The Labute approximate surface area is 77.5 Å². The molecule has 0 saturated heterocycles. The number of ketones is 1. The van der Waals surface area contributed by atoms with Crippen molar-refractivity contribution in [3.8, 4) is 0 Å². The van der Waals surface area contributed by atoms with Gasteiger partial charge in [0.15, 0.2) is 0 Å². The molecule has 0 aliphatic heterocycles. The molecule has 0 heterocycles. The Bertz CT molecular complexity index is 196. The summed E-state index contributed by atoms with van der Waals surface area (Å²) in [6.45, 7) is 3.92. The van der Waals surface area contributed by atoms with E-state index in [0.29, 0.717) is 6.61 Å². The zero-order valence-electron chi connectivity index (χ0n) is 7.91. The van der Waals surface area contributed by atoms with E-state index in [-0.39, 0.29) is 18.8 Å². The topological polar surface area (TPSA) is 52.6 Å². The van der Waals surface area contributed by atoms with Crippen molar-refractivity contribution in [1.82, 2.24) is 0 Å². The maximum Gasteiger partial charge on any atom is 0.313 e. The van der Waals surface area contributed by atoms with Crippen LogP contribution in [0.5, 0.6) is 0 Å². The number of Topliss-reactive ketones (excluding diaryl/α,β-unsaturated/α-hetero) is 1. The normalized spacial score (nSPS) is 10.0. The van der Waals surface area contributed by atoms with E-state index in [1.165, 1.54) is 13.2 Å². The summed E-state index contributed by atoms with van der Waals surface area (Å²) in [5, 5.41) is 0. The van der Waals surface area contributed by atoms with Crippen molar-refractivity contribution in [2.24, 2.45) is 0 Å². The third-order valence-electron chi connectivity index (χ3n) is 1.09. The van der Waals surface area contributed by atoms with Gasteiger partial charge in [-0.3, -0.25) is 9.59 Å². The molecule has 0 aliphatic rings. The highest BCUT2D eigenvalue weighted by atomic mass is 16.5. The van der Waals surface area contributed by atoms with Crippen LogP contribution in [0.25, 0.3) is 0 Å². The molecule has 0 saturated carbocycles. The summed E-state index contributed by atoms with van der Waals surface area (Å²) < 4.78 is 9.53. The molecule has 0 aromatic heterocycles. The van der Waals surface area contributed by atoms with Gasteiger partial charge in [0.05, 0.1) is 12.9 Å². The van der Waals surface area contributed by atoms with Gasteiger partial charge in [0.25, 0.3) is 0 Å². The molecule has 0 atom stereocenters. The molecule has 0 amide bonds. The Morgan fingerprint density at radius 3 is 2.62 bits per heavy atom. The van der Waals surface area contributed by atoms with Crippen molar-refractivity contribution in [3.63, 3.8) is 0 Å². The van der Waals surface area contributed by atoms with Gasteiger partial charge in [-0.2, -0.15) is 0 Å². The summed E-state index contributed by atoms with van der Waals surface area (Å²) >= 11 is 0. The number of ether oxygens (including phenoxy) is 2. The van der Waals surface area contributed by atoms with Gasteiger partial charge in [0.1, 0.15) is 18.8 Å². The molecule has 4 nitrogen and oxygen atoms in total. The maximum atomic E-state index is 10.8. The Morgan fingerprint density at radius 2 is 2.08 bits per heavy atom. The van der Waals surface area contributed by atoms with Gasteiger partial charge in [-0.05, 0) is 19.9 Å². The zero-order chi connectivity index (χ0) is 10.1. The average molecular weight is 186 g/mol. The third kappa shape index (κ3) is 8.59. The molecule has 0 aromatic carbocycles. The Hall–Kier alpha value is -1.32. The lowest BCUT2D eigenvalue weighted by Crippen LogP contribution is -2.08. The molecule has 0 bridgehead atoms. The summed E-state index contributed by atoms with van der Waals surface area (Å²) in [6.07, 6.45) is 2.87. The monoisotopic (exact) mass is 186 g/mol. The van der Waals surface area contributed by atoms with Crippen LogP contribution < -0.4 is 0 Å². The first kappa shape index (κ1) is 11.7. The SMILES string of the molecule is CCO/C=C/COC(=O)CC(C)=O. The molecule has 0 aromatic rings. The summed E-state index contributed by atoms with van der Waals surface area (Å²) in [7, 11) is 0. The van der Waals surface area contributed by atoms with Crippen molar-refractivity contribution in [3.05, 3.63) is 12.3 Å². The van der Waals surface area contributed by atoms with E-state index >= 15 is 0 Å². The molecular formula is C9H14O4. The predicted molar refractivity (Wildman–Crippen MR) is 47.0 cm³/mol. The van der Waals surface area contributed by atoms with E-state index in [4.69, 9.17) is 4.74 Å². The van der Waals surface area contributed by atoms with Crippen molar-refractivity contribution in [2.75, 3.05) is 13.2 Å². The lowest BCUT2D eigenvalue weighted by Gasteiger charge is -1.98. The number of rotatable bonds is 6. The molecule has 0 unspecified atom stereocenters. The molecule has 0 N–H and O–H groups in total. The van der Waals surface area contributed by atoms with Gasteiger partial charge in [0, 0.05) is 0 Å². The smallest absolute Gasteiger partial charge is 0.313 e. The summed E-state index contributed by atoms with van der Waals surface area (Å²) in [5.41, 5.74) is 0. The molecule has 0 aliphatic carbocycles. The number of esters is 1. The number of carbonyl (C=O) groups excluding carboxylic acids is 2. The molecule has 0 fully saturated rings. The fourth-order valence-electron chi connectivity index (χ4n) is 0.599. The Kier molecular flexibility index (Phi) is 6.59. The lowest BCUT2D eigenvalue weighted by molar-refractivity contribution is -0.144. The van der Waals surface area contributed by atoms with Crippen LogP contribution in [0.1, 0.15) is 20.3 Å². The third-order valence-corrected chi connectivity index (χ3v) is 1.09. The molecule has 0 spiro atoms. The van der Waals surface area contributed by atoms with Crippen LogP contribution in [0.15, 0.2) is 12.3 Å². The first-order valence-corrected chi connectivity index (χ1v) is 4.08. The summed E-state index contributed by atoms with van der Waals surface area (Å²) in [6, 6.07) is 0. The second kappa shape index (κ2) is 7.34. The minimum absolute atomic E-state index is 0.145. The molecule has 0 rings (SSSR count). The first-order valence-electron chi connectivity index (χ1n) is 4.08. The Balaban J connectivity index is 3.42. The summed E-state index contributed by atoms with van der Waals surface area (Å²) in [5.74, 6) is -0.701. The number of hydrogen-bond donors (Lipinski definition) is 0. The van der Waals surface area contributed by atoms with E-state index in [9.17, 15) is 9.59 Å². The van der Waals surface area contributed by atoms with Crippen molar-refractivity contribution in [1.29, 1.82) is 0 Å². The second-order valence-electron chi connectivity index (χ2n) is 2.39. The molecule has 13 heavy (non-hydrogen) atoms. The molecule has 0 radical (unpaired) electrons. The van der Waals surface area contributed by atoms with Crippen LogP contribution >= 0.6 is 0 Å². The van der Waals surface area contributed by atoms with Gasteiger partial charge < -0.3 is 9.47 Å². The van der Waals surface area contributed by atoms with E-state index in [0.717, 1.165) is 0 Å². The highest BCUT2D eigenvalue weighted by Crippen LogP contribution is 1.88. The minimum Gasteiger partial charge on any atom is -0.502 e. The van der Waals surface area contributed by atoms with Crippen molar-refractivity contribution in [2.45, 2.75) is 20.3 Å². The van der Waals surface area contributed by atoms with Crippen LogP contribution in [0.2, 0.25) is 0 Å².